The summed E-state index contributed by atoms with van der Waals surface area (Å²) in [7, 11) is 0. The first-order valence-electron chi connectivity index (χ1n) is 8.43. The summed E-state index contributed by atoms with van der Waals surface area (Å²) in [6, 6.07) is 3.47. The maximum atomic E-state index is 12.9. The molecule has 1 saturated heterocycles. The Kier molecular flexibility index (Phi) is 6.34. The molecule has 1 aromatic carbocycles. The van der Waals surface area contributed by atoms with E-state index in [0.717, 1.165) is 12.1 Å². The van der Waals surface area contributed by atoms with Gasteiger partial charge in [-0.2, -0.15) is 13.2 Å². The third-order valence-electron chi connectivity index (χ3n) is 3.89. The van der Waals surface area contributed by atoms with Crippen LogP contribution in [-0.4, -0.2) is 40.2 Å². The highest BCUT2D eigenvalue weighted by molar-refractivity contribution is 7.99. The Morgan fingerprint density at radius 3 is 2.56 bits per heavy atom. The zero-order chi connectivity index (χ0) is 20.4. The Hall–Kier alpha value is -1.90. The van der Waals surface area contributed by atoms with Gasteiger partial charge in [-0.05, 0) is 45.4 Å². The minimum atomic E-state index is -4.45. The number of hydrogen-bond donors (Lipinski definition) is 1. The van der Waals surface area contributed by atoms with Crippen molar-refractivity contribution < 1.29 is 27.5 Å². The van der Waals surface area contributed by atoms with Gasteiger partial charge in [-0.3, -0.25) is 9.69 Å². The molecule has 0 bridgehead atoms. The van der Waals surface area contributed by atoms with E-state index in [0.29, 0.717) is 17.2 Å². The maximum absolute atomic E-state index is 12.9. The van der Waals surface area contributed by atoms with Crippen molar-refractivity contribution in [2.45, 2.75) is 51.6 Å². The smallest absolute Gasteiger partial charge is 0.416 e. The van der Waals surface area contributed by atoms with Crippen molar-refractivity contribution in [3.8, 4) is 0 Å². The van der Waals surface area contributed by atoms with E-state index in [2.05, 4.69) is 5.32 Å². The van der Waals surface area contributed by atoms with Crippen LogP contribution in [0, 0.1) is 0 Å². The lowest BCUT2D eigenvalue weighted by Gasteiger charge is -2.28. The van der Waals surface area contributed by atoms with Gasteiger partial charge >= 0.3 is 12.3 Å². The lowest BCUT2D eigenvalue weighted by Crippen LogP contribution is -2.49. The number of hydrogen-bond acceptors (Lipinski definition) is 4. The molecule has 1 aliphatic rings. The molecule has 1 aliphatic heterocycles. The van der Waals surface area contributed by atoms with Crippen molar-refractivity contribution in [3.63, 3.8) is 0 Å². The largest absolute Gasteiger partial charge is 0.444 e. The second-order valence-corrected chi connectivity index (χ2v) is 8.32. The van der Waals surface area contributed by atoms with Gasteiger partial charge in [0.2, 0.25) is 5.91 Å². The first kappa shape index (κ1) is 21.4. The number of rotatable bonds is 3. The van der Waals surface area contributed by atoms with Crippen molar-refractivity contribution in [3.05, 3.63) is 35.4 Å². The molecule has 9 heteroatoms. The van der Waals surface area contributed by atoms with E-state index in [9.17, 15) is 22.8 Å². The van der Waals surface area contributed by atoms with Crippen molar-refractivity contribution in [1.82, 2.24) is 10.2 Å². The number of thioether (sulfide) groups is 1. The average molecular weight is 404 g/mol. The molecule has 0 saturated carbocycles. The zero-order valence-electron chi connectivity index (χ0n) is 15.6. The highest BCUT2D eigenvalue weighted by atomic mass is 32.2. The molecule has 0 radical (unpaired) electrons. The SMILES string of the molecule is C[C@@H](NC(=O)[C@H]1CSCN1C(=O)OC(C)(C)C)c1cccc(C(F)(F)F)c1. The first-order chi connectivity index (χ1) is 12.4. The summed E-state index contributed by atoms with van der Waals surface area (Å²) in [5.41, 5.74) is -1.11. The highest BCUT2D eigenvalue weighted by Crippen LogP contribution is 2.31. The molecular formula is C18H23F3N2O3S. The van der Waals surface area contributed by atoms with Crippen LogP contribution in [0.4, 0.5) is 18.0 Å². The van der Waals surface area contributed by atoms with E-state index in [1.165, 1.54) is 28.8 Å². The van der Waals surface area contributed by atoms with Gasteiger partial charge in [-0.25, -0.2) is 4.79 Å². The van der Waals surface area contributed by atoms with Crippen LogP contribution >= 0.6 is 11.8 Å². The Bertz CT molecular complexity index is 704. The van der Waals surface area contributed by atoms with Crippen LogP contribution in [0.25, 0.3) is 0 Å². The van der Waals surface area contributed by atoms with E-state index in [1.807, 2.05) is 0 Å². The van der Waals surface area contributed by atoms with Crippen LogP contribution in [0.5, 0.6) is 0 Å². The minimum Gasteiger partial charge on any atom is -0.444 e. The van der Waals surface area contributed by atoms with Crippen LogP contribution < -0.4 is 5.32 Å². The molecule has 0 aromatic heterocycles. The van der Waals surface area contributed by atoms with Crippen molar-refractivity contribution in [1.29, 1.82) is 0 Å². The standard InChI is InChI=1S/C18H23F3N2O3S/c1-11(12-6-5-7-13(8-12)18(19,20)21)22-15(24)14-9-27-10-23(14)16(25)26-17(2,3)4/h5-8,11,14H,9-10H2,1-4H3,(H,22,24)/t11-,14-/m1/s1. The topological polar surface area (TPSA) is 58.6 Å². The summed E-state index contributed by atoms with van der Waals surface area (Å²) in [6.07, 6.45) is -5.03. The fraction of sp³-hybridized carbons (Fsp3) is 0.556. The second kappa shape index (κ2) is 8.00. The normalized spacial score (nSPS) is 18.9. The van der Waals surface area contributed by atoms with Crippen molar-refractivity contribution in [2.24, 2.45) is 0 Å². The number of alkyl halides is 3. The predicted octanol–water partition coefficient (Wildman–Crippen LogP) is 4.19. The molecule has 150 valence electrons. The molecule has 2 amide bonds. The lowest BCUT2D eigenvalue weighted by atomic mass is 10.0. The molecule has 2 rings (SSSR count). The fourth-order valence-corrected chi connectivity index (χ4v) is 3.68. The molecule has 0 unspecified atom stereocenters. The van der Waals surface area contributed by atoms with Gasteiger partial charge in [0.25, 0.3) is 0 Å². The average Bonchev–Trinajstić information content (AvgIpc) is 3.02. The maximum Gasteiger partial charge on any atom is 0.416 e. The Morgan fingerprint density at radius 2 is 1.96 bits per heavy atom. The molecule has 2 atom stereocenters. The van der Waals surface area contributed by atoms with Gasteiger partial charge in [0, 0.05) is 5.75 Å². The first-order valence-corrected chi connectivity index (χ1v) is 9.59. The number of amides is 2. The third kappa shape index (κ3) is 5.79. The van der Waals surface area contributed by atoms with Crippen molar-refractivity contribution >= 4 is 23.8 Å². The minimum absolute atomic E-state index is 0.324. The predicted molar refractivity (Wildman–Crippen MR) is 97.2 cm³/mol. The van der Waals surface area contributed by atoms with Gasteiger partial charge in [-0.1, -0.05) is 12.1 Å². The number of nitrogens with zero attached hydrogens (tertiary/aromatic N) is 1. The summed E-state index contributed by atoms with van der Waals surface area (Å²) in [6.45, 7) is 6.81. The number of ether oxygens (including phenoxy) is 1. The van der Waals surface area contributed by atoms with Gasteiger partial charge in [0.15, 0.2) is 0 Å². The van der Waals surface area contributed by atoms with Gasteiger partial charge < -0.3 is 10.1 Å². The summed E-state index contributed by atoms with van der Waals surface area (Å²) in [5, 5.41) is 2.70. The van der Waals surface area contributed by atoms with Crippen LogP contribution in [0.3, 0.4) is 0 Å². The zero-order valence-corrected chi connectivity index (χ0v) is 16.4. The summed E-state index contributed by atoms with van der Waals surface area (Å²) < 4.78 is 43.9. The molecule has 27 heavy (non-hydrogen) atoms. The summed E-state index contributed by atoms with van der Waals surface area (Å²) in [5.74, 6) is 0.307. The van der Waals surface area contributed by atoms with E-state index < -0.39 is 41.4 Å². The summed E-state index contributed by atoms with van der Waals surface area (Å²) >= 11 is 1.42. The van der Waals surface area contributed by atoms with Crippen molar-refractivity contribution in [2.75, 3.05) is 11.6 Å². The molecule has 5 nitrogen and oxygen atoms in total. The third-order valence-corrected chi connectivity index (χ3v) is 4.90. The van der Waals surface area contributed by atoms with E-state index in [4.69, 9.17) is 4.74 Å². The lowest BCUT2D eigenvalue weighted by molar-refractivity contribution is -0.137. The Labute approximate surface area is 160 Å². The number of carbonyl (C=O) groups excluding carboxylic acids is 2. The van der Waals surface area contributed by atoms with Crippen LogP contribution in [-0.2, 0) is 15.7 Å². The van der Waals surface area contributed by atoms with Gasteiger partial charge in [0.1, 0.15) is 11.6 Å². The van der Waals surface area contributed by atoms with Crippen LogP contribution in [0.1, 0.15) is 44.9 Å². The molecule has 1 N–H and O–H groups in total. The highest BCUT2D eigenvalue weighted by Gasteiger charge is 2.37. The van der Waals surface area contributed by atoms with E-state index in [1.54, 1.807) is 27.7 Å². The summed E-state index contributed by atoms with van der Waals surface area (Å²) in [4.78, 5) is 26.2. The Morgan fingerprint density at radius 1 is 1.30 bits per heavy atom. The monoisotopic (exact) mass is 404 g/mol. The van der Waals surface area contributed by atoms with Crippen LogP contribution in [0.15, 0.2) is 24.3 Å². The molecule has 1 heterocycles. The second-order valence-electron chi connectivity index (χ2n) is 7.32. The molecule has 1 aromatic rings. The van der Waals surface area contributed by atoms with Gasteiger partial charge in [0.05, 0.1) is 17.5 Å². The number of benzene rings is 1. The molecular weight excluding hydrogens is 381 g/mol. The van der Waals surface area contributed by atoms with E-state index in [-0.39, 0.29) is 0 Å². The van der Waals surface area contributed by atoms with Crippen LogP contribution in [0.2, 0.25) is 0 Å². The number of nitrogens with one attached hydrogen (secondary N) is 1. The molecule has 0 spiro atoms. The molecule has 0 aliphatic carbocycles. The number of carbonyl (C=O) groups is 2. The number of halogens is 3. The molecule has 1 fully saturated rings. The Balaban J connectivity index is 2.06. The van der Waals surface area contributed by atoms with Gasteiger partial charge in [-0.15, -0.1) is 11.8 Å². The van der Waals surface area contributed by atoms with E-state index >= 15 is 0 Å². The fourth-order valence-electron chi connectivity index (χ4n) is 2.54. The quantitative estimate of drug-likeness (QED) is 0.821.